The van der Waals surface area contributed by atoms with Gasteiger partial charge in [-0.2, -0.15) is 4.98 Å². The van der Waals surface area contributed by atoms with Gasteiger partial charge in [0.2, 0.25) is 11.7 Å². The number of ether oxygens (including phenoxy) is 2. The largest absolute Gasteiger partial charge is 0.476 e. The van der Waals surface area contributed by atoms with Gasteiger partial charge in [-0.3, -0.25) is 0 Å². The molecule has 1 aromatic heterocycles. The van der Waals surface area contributed by atoms with E-state index in [1.165, 1.54) is 11.1 Å². The zero-order chi connectivity index (χ0) is 25.8. The number of hydrogen-bond donors (Lipinski definition) is 1. The van der Waals surface area contributed by atoms with E-state index in [1.54, 1.807) is 13.8 Å². The molecule has 2 aromatic carbocycles. The van der Waals surface area contributed by atoms with Crippen LogP contribution in [0, 0.1) is 0 Å². The Labute approximate surface area is 213 Å². The summed E-state index contributed by atoms with van der Waals surface area (Å²) in [6.07, 6.45) is 4.20. The SMILES string of the molecule is CC(C)(C)OC(=O)C(C)(C)Oc1cccc(CCCNCc2ccc(-c3noc(C4CC4)n3)cc2)c1. The molecule has 0 atom stereocenters. The van der Waals surface area contributed by atoms with Crippen LogP contribution < -0.4 is 10.1 Å². The Kier molecular flexibility index (Phi) is 7.79. The van der Waals surface area contributed by atoms with Crippen LogP contribution in [0.5, 0.6) is 5.75 Å². The zero-order valence-corrected chi connectivity index (χ0v) is 22.0. The molecule has 0 unspecified atom stereocenters. The predicted octanol–water partition coefficient (Wildman–Crippen LogP) is 5.84. The molecule has 7 nitrogen and oxygen atoms in total. The van der Waals surface area contributed by atoms with E-state index in [1.807, 2.05) is 51.1 Å². The molecule has 1 aliphatic rings. The number of aromatic nitrogens is 2. The van der Waals surface area contributed by atoms with E-state index in [9.17, 15) is 4.79 Å². The maximum atomic E-state index is 12.5. The summed E-state index contributed by atoms with van der Waals surface area (Å²) in [6.45, 7) is 10.7. The lowest BCUT2D eigenvalue weighted by molar-refractivity contribution is -0.170. The Bertz CT molecular complexity index is 1160. The van der Waals surface area contributed by atoms with Gasteiger partial charge >= 0.3 is 5.97 Å². The first-order chi connectivity index (χ1) is 17.1. The Hall–Kier alpha value is -3.19. The topological polar surface area (TPSA) is 86.5 Å². The lowest BCUT2D eigenvalue weighted by atomic mass is 10.1. The van der Waals surface area contributed by atoms with E-state index in [-0.39, 0.29) is 5.97 Å². The summed E-state index contributed by atoms with van der Waals surface area (Å²) >= 11 is 0. The third-order valence-electron chi connectivity index (χ3n) is 5.89. The average molecular weight is 492 g/mol. The van der Waals surface area contributed by atoms with Crippen LogP contribution in [0.3, 0.4) is 0 Å². The second-order valence-corrected chi connectivity index (χ2v) is 11.0. The van der Waals surface area contributed by atoms with E-state index in [0.717, 1.165) is 50.2 Å². The van der Waals surface area contributed by atoms with Crippen molar-refractivity contribution in [2.24, 2.45) is 0 Å². The van der Waals surface area contributed by atoms with E-state index in [0.29, 0.717) is 17.5 Å². The van der Waals surface area contributed by atoms with Gasteiger partial charge in [0.15, 0.2) is 5.60 Å². The quantitative estimate of drug-likeness (QED) is 0.266. The second-order valence-electron chi connectivity index (χ2n) is 11.0. The van der Waals surface area contributed by atoms with Crippen LogP contribution in [0.4, 0.5) is 0 Å². The van der Waals surface area contributed by atoms with Crippen molar-refractivity contribution in [2.75, 3.05) is 6.54 Å². The standard InChI is InChI=1S/C29H37N3O4/c1-28(2,3)35-27(33)29(4,5)34-24-10-6-8-20(18-24)9-7-17-30-19-21-11-13-22(14-12-21)25-31-26(36-32-25)23-15-16-23/h6,8,10-14,18,23,30H,7,9,15-17,19H2,1-5H3. The Morgan fingerprint density at radius 2 is 1.81 bits per heavy atom. The summed E-state index contributed by atoms with van der Waals surface area (Å²) in [4.78, 5) is 17.0. The highest BCUT2D eigenvalue weighted by molar-refractivity contribution is 5.79. The summed E-state index contributed by atoms with van der Waals surface area (Å²) in [7, 11) is 0. The molecule has 1 N–H and O–H groups in total. The number of carbonyl (C=O) groups excluding carboxylic acids is 1. The van der Waals surface area contributed by atoms with Gasteiger partial charge in [-0.15, -0.1) is 0 Å². The maximum absolute atomic E-state index is 12.5. The molecule has 1 fully saturated rings. The van der Waals surface area contributed by atoms with E-state index in [2.05, 4.69) is 33.7 Å². The highest BCUT2D eigenvalue weighted by Gasteiger charge is 2.35. The number of aryl methyl sites for hydroxylation is 1. The molecule has 4 rings (SSSR count). The lowest BCUT2D eigenvalue weighted by Crippen LogP contribution is -2.43. The number of carbonyl (C=O) groups is 1. The van der Waals surface area contributed by atoms with Crippen molar-refractivity contribution in [3.63, 3.8) is 0 Å². The molecule has 1 heterocycles. The molecule has 0 bridgehead atoms. The molecule has 1 aliphatic carbocycles. The van der Waals surface area contributed by atoms with Crippen molar-refractivity contribution in [3.8, 4) is 17.1 Å². The van der Waals surface area contributed by atoms with Crippen LogP contribution in [-0.2, 0) is 22.5 Å². The summed E-state index contributed by atoms with van der Waals surface area (Å²) in [5.41, 5.74) is 1.74. The van der Waals surface area contributed by atoms with Gasteiger partial charge in [-0.1, -0.05) is 41.6 Å². The lowest BCUT2D eigenvalue weighted by Gasteiger charge is -2.29. The Morgan fingerprint density at radius 1 is 1.06 bits per heavy atom. The minimum atomic E-state index is -1.06. The molecule has 192 valence electrons. The molecule has 0 saturated heterocycles. The van der Waals surface area contributed by atoms with Crippen LogP contribution in [0.2, 0.25) is 0 Å². The third kappa shape index (κ3) is 7.40. The molecular formula is C29H37N3O4. The molecule has 7 heteroatoms. The fourth-order valence-electron chi connectivity index (χ4n) is 3.77. The minimum Gasteiger partial charge on any atom is -0.476 e. The summed E-state index contributed by atoms with van der Waals surface area (Å²) in [6, 6.07) is 16.2. The van der Waals surface area contributed by atoms with Crippen molar-refractivity contribution >= 4 is 5.97 Å². The zero-order valence-electron chi connectivity index (χ0n) is 22.0. The number of esters is 1. The van der Waals surface area contributed by atoms with Gasteiger partial charge in [0.1, 0.15) is 11.4 Å². The monoisotopic (exact) mass is 491 g/mol. The maximum Gasteiger partial charge on any atom is 0.350 e. The van der Waals surface area contributed by atoms with Gasteiger partial charge in [0.05, 0.1) is 0 Å². The van der Waals surface area contributed by atoms with Crippen molar-refractivity contribution in [1.29, 1.82) is 0 Å². The third-order valence-corrected chi connectivity index (χ3v) is 5.89. The second kappa shape index (κ2) is 10.8. The predicted molar refractivity (Wildman–Crippen MR) is 139 cm³/mol. The van der Waals surface area contributed by atoms with E-state index >= 15 is 0 Å². The van der Waals surface area contributed by atoms with Gasteiger partial charge in [0, 0.05) is 18.0 Å². The molecule has 0 spiro atoms. The van der Waals surface area contributed by atoms with Crippen LogP contribution in [0.25, 0.3) is 11.4 Å². The van der Waals surface area contributed by atoms with Crippen molar-refractivity contribution in [3.05, 3.63) is 65.5 Å². The normalized spacial score (nSPS) is 14.0. The van der Waals surface area contributed by atoms with Gasteiger partial charge < -0.3 is 19.3 Å². The van der Waals surface area contributed by atoms with Crippen LogP contribution in [0.15, 0.2) is 53.1 Å². The first kappa shape index (κ1) is 25.9. The molecular weight excluding hydrogens is 454 g/mol. The minimum absolute atomic E-state index is 0.377. The number of benzene rings is 2. The van der Waals surface area contributed by atoms with Crippen molar-refractivity contribution in [2.45, 2.75) is 84.0 Å². The van der Waals surface area contributed by atoms with Crippen LogP contribution in [0.1, 0.15) is 76.8 Å². The first-order valence-electron chi connectivity index (χ1n) is 12.7. The smallest absolute Gasteiger partial charge is 0.350 e. The number of nitrogens with one attached hydrogen (secondary N) is 1. The molecule has 36 heavy (non-hydrogen) atoms. The fraction of sp³-hybridized carbons (Fsp3) is 0.483. The number of hydrogen-bond acceptors (Lipinski definition) is 7. The molecule has 3 aromatic rings. The van der Waals surface area contributed by atoms with Crippen LogP contribution in [-0.4, -0.2) is 33.9 Å². The first-order valence-corrected chi connectivity index (χ1v) is 12.7. The molecule has 0 radical (unpaired) electrons. The van der Waals surface area contributed by atoms with Crippen molar-refractivity contribution < 1.29 is 18.8 Å². The van der Waals surface area contributed by atoms with Gasteiger partial charge in [-0.05, 0) is 90.1 Å². The highest BCUT2D eigenvalue weighted by Crippen LogP contribution is 2.39. The average Bonchev–Trinajstić information content (AvgIpc) is 3.55. The Balaban J connectivity index is 1.20. The highest BCUT2D eigenvalue weighted by atomic mass is 16.6. The van der Waals surface area contributed by atoms with Crippen molar-refractivity contribution in [1.82, 2.24) is 15.5 Å². The number of nitrogens with zero attached hydrogens (tertiary/aromatic N) is 2. The Morgan fingerprint density at radius 3 is 2.50 bits per heavy atom. The van der Waals surface area contributed by atoms with Gasteiger partial charge in [0.25, 0.3) is 0 Å². The fourth-order valence-corrected chi connectivity index (χ4v) is 3.77. The summed E-state index contributed by atoms with van der Waals surface area (Å²) in [5.74, 6) is 2.19. The summed E-state index contributed by atoms with van der Waals surface area (Å²) in [5, 5.41) is 7.61. The van der Waals surface area contributed by atoms with Gasteiger partial charge in [-0.25, -0.2) is 4.79 Å². The van der Waals surface area contributed by atoms with E-state index in [4.69, 9.17) is 14.0 Å². The number of rotatable bonds is 11. The molecule has 1 saturated carbocycles. The molecule has 0 amide bonds. The van der Waals surface area contributed by atoms with E-state index < -0.39 is 11.2 Å². The summed E-state index contributed by atoms with van der Waals surface area (Å²) < 4.78 is 16.8. The van der Waals surface area contributed by atoms with Crippen LogP contribution >= 0.6 is 0 Å². The molecule has 0 aliphatic heterocycles.